The van der Waals surface area contributed by atoms with E-state index in [0.717, 1.165) is 11.3 Å². The van der Waals surface area contributed by atoms with E-state index < -0.39 is 0 Å². The van der Waals surface area contributed by atoms with Gasteiger partial charge in [0.15, 0.2) is 5.82 Å². The summed E-state index contributed by atoms with van der Waals surface area (Å²) in [7, 11) is 0. The molecule has 0 saturated carbocycles. The summed E-state index contributed by atoms with van der Waals surface area (Å²) in [6.45, 7) is 6.90. The van der Waals surface area contributed by atoms with Gasteiger partial charge in [0.25, 0.3) is 0 Å². The molecule has 0 aliphatic carbocycles. The molecule has 0 spiro atoms. The Morgan fingerprint density at radius 3 is 2.28 bits per heavy atom. The molecule has 0 bridgehead atoms. The summed E-state index contributed by atoms with van der Waals surface area (Å²) in [4.78, 5) is 16.5. The summed E-state index contributed by atoms with van der Waals surface area (Å²) < 4.78 is 0. The Morgan fingerprint density at radius 2 is 1.72 bits per heavy atom. The second-order valence-electron chi connectivity index (χ2n) is 7.88. The van der Waals surface area contributed by atoms with E-state index in [-0.39, 0.29) is 23.7 Å². The van der Waals surface area contributed by atoms with Crippen LogP contribution in [0.3, 0.4) is 0 Å². The Hall–Kier alpha value is -2.70. The fraction of sp³-hybridized carbons (Fsp3) is 0.318. The van der Waals surface area contributed by atoms with Crippen LogP contribution >= 0.6 is 12.4 Å². The molecule has 0 radical (unpaired) electrons. The normalized spacial score (nSPS) is 11.0. The van der Waals surface area contributed by atoms with Gasteiger partial charge in [-0.05, 0) is 47.2 Å². The number of carbonyl (C=O) groups is 1. The van der Waals surface area contributed by atoms with Crippen molar-refractivity contribution in [2.75, 3.05) is 5.32 Å². The minimum Gasteiger partial charge on any atom is -0.326 e. The van der Waals surface area contributed by atoms with Gasteiger partial charge in [-0.25, -0.2) is 4.98 Å². The van der Waals surface area contributed by atoms with Crippen molar-refractivity contribution in [3.05, 3.63) is 65.5 Å². The lowest BCUT2D eigenvalue weighted by atomic mass is 9.86. The minimum absolute atomic E-state index is 0. The number of amides is 1. The van der Waals surface area contributed by atoms with Crippen LogP contribution in [0.25, 0.3) is 11.4 Å². The molecule has 0 aliphatic rings. The molecule has 29 heavy (non-hydrogen) atoms. The summed E-state index contributed by atoms with van der Waals surface area (Å²) >= 11 is 0. The molecule has 0 saturated heterocycles. The van der Waals surface area contributed by atoms with Crippen molar-refractivity contribution in [3.8, 4) is 11.4 Å². The Balaban J connectivity index is 0.00000300. The van der Waals surface area contributed by atoms with Gasteiger partial charge in [-0.15, -0.1) is 12.4 Å². The second kappa shape index (κ2) is 9.67. The number of anilines is 1. The summed E-state index contributed by atoms with van der Waals surface area (Å²) in [6.07, 6.45) is 1.16. The van der Waals surface area contributed by atoms with Crippen LogP contribution in [0.15, 0.2) is 48.5 Å². The zero-order chi connectivity index (χ0) is 20.1. The van der Waals surface area contributed by atoms with Gasteiger partial charge in [0.1, 0.15) is 5.82 Å². The third-order valence-corrected chi connectivity index (χ3v) is 4.61. The first-order chi connectivity index (χ1) is 13.3. The van der Waals surface area contributed by atoms with E-state index in [9.17, 15) is 4.79 Å². The van der Waals surface area contributed by atoms with E-state index in [2.05, 4.69) is 65.5 Å². The number of H-pyrrole nitrogens is 1. The number of carbonyl (C=O) groups excluding carboxylic acids is 1. The molecule has 1 amide bonds. The molecule has 7 heteroatoms. The van der Waals surface area contributed by atoms with Crippen LogP contribution in [0.2, 0.25) is 0 Å². The lowest BCUT2D eigenvalue weighted by Gasteiger charge is -2.19. The molecule has 1 heterocycles. The van der Waals surface area contributed by atoms with Gasteiger partial charge in [-0.2, -0.15) is 5.10 Å². The number of aromatic nitrogens is 3. The number of halogens is 1. The average Bonchev–Trinajstić information content (AvgIpc) is 3.16. The highest BCUT2D eigenvalue weighted by Crippen LogP contribution is 2.22. The van der Waals surface area contributed by atoms with Crippen molar-refractivity contribution in [3.63, 3.8) is 0 Å². The summed E-state index contributed by atoms with van der Waals surface area (Å²) in [6, 6.07) is 16.0. The summed E-state index contributed by atoms with van der Waals surface area (Å²) in [5.41, 5.74) is 9.76. The van der Waals surface area contributed by atoms with Gasteiger partial charge in [0.05, 0.1) is 6.54 Å². The van der Waals surface area contributed by atoms with Gasteiger partial charge >= 0.3 is 0 Å². The number of nitrogens with two attached hydrogens (primary N) is 1. The van der Waals surface area contributed by atoms with E-state index in [4.69, 9.17) is 5.73 Å². The van der Waals surface area contributed by atoms with E-state index in [1.54, 1.807) is 0 Å². The first-order valence-electron chi connectivity index (χ1n) is 9.46. The topological polar surface area (TPSA) is 96.7 Å². The third kappa shape index (κ3) is 6.14. The fourth-order valence-corrected chi connectivity index (χ4v) is 2.87. The SMILES string of the molecule is CC(C)(C)c1ccc(CCC(=O)Nc2ccc(-c3n[nH]c(CN)n3)cc2)cc1.Cl. The molecular weight excluding hydrogens is 386 g/mol. The molecule has 2 aromatic carbocycles. The van der Waals surface area contributed by atoms with E-state index in [0.29, 0.717) is 31.0 Å². The molecule has 1 aromatic heterocycles. The van der Waals surface area contributed by atoms with Crippen molar-refractivity contribution in [2.45, 2.75) is 45.6 Å². The molecule has 3 aromatic rings. The molecule has 0 fully saturated rings. The van der Waals surface area contributed by atoms with E-state index in [1.807, 2.05) is 24.3 Å². The number of nitrogens with one attached hydrogen (secondary N) is 2. The standard InChI is InChI=1S/C22H27N5O.ClH/c1-22(2,3)17-9-4-15(5-10-17)6-13-20(28)24-18-11-7-16(8-12-18)21-25-19(14-23)26-27-21;/h4-5,7-12H,6,13-14,23H2,1-3H3,(H,24,28)(H,25,26,27);1H. The molecule has 3 rings (SSSR count). The number of benzene rings is 2. The first kappa shape index (κ1) is 22.6. The average molecular weight is 414 g/mol. The zero-order valence-corrected chi connectivity index (χ0v) is 17.8. The largest absolute Gasteiger partial charge is 0.326 e. The lowest BCUT2D eigenvalue weighted by Crippen LogP contribution is -2.13. The van der Waals surface area contributed by atoms with Crippen LogP contribution in [0.5, 0.6) is 0 Å². The molecule has 6 nitrogen and oxygen atoms in total. The Labute approximate surface area is 177 Å². The third-order valence-electron chi connectivity index (χ3n) is 4.61. The Morgan fingerprint density at radius 1 is 1.07 bits per heavy atom. The van der Waals surface area contributed by atoms with Crippen molar-refractivity contribution >= 4 is 24.0 Å². The van der Waals surface area contributed by atoms with Gasteiger partial charge < -0.3 is 11.1 Å². The highest BCUT2D eigenvalue weighted by atomic mass is 35.5. The number of nitrogens with zero attached hydrogens (tertiary/aromatic N) is 2. The second-order valence-corrected chi connectivity index (χ2v) is 7.88. The summed E-state index contributed by atoms with van der Waals surface area (Å²) in [5, 5.41) is 9.85. The number of hydrogen-bond acceptors (Lipinski definition) is 4. The van der Waals surface area contributed by atoms with Crippen LogP contribution < -0.4 is 11.1 Å². The maximum atomic E-state index is 12.3. The number of rotatable bonds is 6. The molecule has 4 N–H and O–H groups in total. The van der Waals surface area contributed by atoms with Crippen molar-refractivity contribution in [2.24, 2.45) is 5.73 Å². The molecule has 0 aliphatic heterocycles. The van der Waals surface area contributed by atoms with Crippen molar-refractivity contribution in [1.29, 1.82) is 0 Å². The summed E-state index contributed by atoms with van der Waals surface area (Å²) in [5.74, 6) is 1.23. The highest BCUT2D eigenvalue weighted by molar-refractivity contribution is 5.91. The van der Waals surface area contributed by atoms with Gasteiger partial charge in [-0.3, -0.25) is 9.89 Å². The quantitative estimate of drug-likeness (QED) is 0.563. The number of aryl methyl sites for hydroxylation is 1. The Kier molecular flexibility index (Phi) is 7.53. The van der Waals surface area contributed by atoms with Gasteiger partial charge in [0.2, 0.25) is 5.91 Å². The van der Waals surface area contributed by atoms with E-state index >= 15 is 0 Å². The van der Waals surface area contributed by atoms with Crippen LogP contribution in [0.4, 0.5) is 5.69 Å². The van der Waals surface area contributed by atoms with Crippen LogP contribution in [0.1, 0.15) is 44.1 Å². The monoisotopic (exact) mass is 413 g/mol. The van der Waals surface area contributed by atoms with Crippen molar-refractivity contribution < 1.29 is 4.79 Å². The molecule has 154 valence electrons. The molecular formula is C22H28ClN5O. The van der Waals surface area contributed by atoms with E-state index in [1.165, 1.54) is 11.1 Å². The Bertz CT molecular complexity index is 927. The first-order valence-corrected chi connectivity index (χ1v) is 9.46. The van der Waals surface area contributed by atoms with Crippen LogP contribution in [-0.2, 0) is 23.2 Å². The maximum absolute atomic E-state index is 12.3. The number of aromatic amines is 1. The highest BCUT2D eigenvalue weighted by Gasteiger charge is 2.13. The predicted octanol–water partition coefficient (Wildman–Crippen LogP) is 4.22. The smallest absolute Gasteiger partial charge is 0.224 e. The molecule has 0 unspecified atom stereocenters. The van der Waals surface area contributed by atoms with Crippen LogP contribution in [-0.4, -0.2) is 21.1 Å². The predicted molar refractivity (Wildman–Crippen MR) is 119 cm³/mol. The maximum Gasteiger partial charge on any atom is 0.224 e. The fourth-order valence-electron chi connectivity index (χ4n) is 2.87. The van der Waals surface area contributed by atoms with Crippen molar-refractivity contribution in [1.82, 2.24) is 15.2 Å². The van der Waals surface area contributed by atoms with Crippen LogP contribution in [0, 0.1) is 0 Å². The zero-order valence-electron chi connectivity index (χ0n) is 17.0. The minimum atomic E-state index is -0.00374. The van der Waals surface area contributed by atoms with Gasteiger partial charge in [0, 0.05) is 17.7 Å². The van der Waals surface area contributed by atoms with Gasteiger partial charge in [-0.1, -0.05) is 45.0 Å². The lowest BCUT2D eigenvalue weighted by molar-refractivity contribution is -0.116. The number of hydrogen-bond donors (Lipinski definition) is 3. The molecule has 0 atom stereocenters.